The van der Waals surface area contributed by atoms with Crippen molar-refractivity contribution in [3.8, 4) is 11.5 Å². The molecule has 0 aliphatic carbocycles. The number of carbonyl (C=O) groups is 1. The van der Waals surface area contributed by atoms with E-state index in [0.717, 1.165) is 11.3 Å². The van der Waals surface area contributed by atoms with Crippen molar-refractivity contribution in [1.29, 1.82) is 0 Å². The first-order chi connectivity index (χ1) is 14.8. The van der Waals surface area contributed by atoms with Crippen LogP contribution < -0.4 is 14.8 Å². The van der Waals surface area contributed by atoms with Crippen molar-refractivity contribution in [2.24, 2.45) is 5.92 Å². The van der Waals surface area contributed by atoms with Gasteiger partial charge in [-0.1, -0.05) is 23.7 Å². The van der Waals surface area contributed by atoms with E-state index in [0.29, 0.717) is 24.4 Å². The number of piperidine rings is 1. The molecule has 31 heavy (non-hydrogen) atoms. The van der Waals surface area contributed by atoms with E-state index in [1.54, 1.807) is 13.2 Å². The molecule has 1 saturated heterocycles. The summed E-state index contributed by atoms with van der Waals surface area (Å²) < 4.78 is 38.2. The molecule has 0 bridgehead atoms. The van der Waals surface area contributed by atoms with Crippen LogP contribution in [-0.4, -0.2) is 45.9 Å². The Bertz CT molecular complexity index is 1030. The molecular formula is C22H27ClN2O5S. The van der Waals surface area contributed by atoms with Gasteiger partial charge in [0.1, 0.15) is 16.4 Å². The van der Waals surface area contributed by atoms with Gasteiger partial charge < -0.3 is 14.8 Å². The van der Waals surface area contributed by atoms with Crippen LogP contribution in [0.2, 0.25) is 5.02 Å². The first-order valence-corrected chi connectivity index (χ1v) is 11.9. The Morgan fingerprint density at radius 3 is 2.52 bits per heavy atom. The minimum atomic E-state index is -3.85. The van der Waals surface area contributed by atoms with Gasteiger partial charge in [0.05, 0.1) is 26.2 Å². The molecule has 1 amide bonds. The molecule has 0 aromatic heterocycles. The van der Waals surface area contributed by atoms with E-state index >= 15 is 0 Å². The number of ether oxygens (including phenoxy) is 2. The fourth-order valence-electron chi connectivity index (χ4n) is 3.67. The zero-order chi connectivity index (χ0) is 22.6. The molecule has 9 heteroatoms. The lowest BCUT2D eigenvalue weighted by Gasteiger charge is -2.32. The lowest BCUT2D eigenvalue weighted by molar-refractivity contribution is -0.126. The van der Waals surface area contributed by atoms with Gasteiger partial charge in [-0.15, -0.1) is 0 Å². The molecule has 1 heterocycles. The molecule has 1 fully saturated rings. The molecule has 2 aromatic carbocycles. The maximum absolute atomic E-state index is 13.2. The van der Waals surface area contributed by atoms with Gasteiger partial charge in [0, 0.05) is 18.1 Å². The molecule has 1 N–H and O–H groups in total. The molecular weight excluding hydrogens is 440 g/mol. The maximum atomic E-state index is 13.2. The number of hydrogen-bond acceptors (Lipinski definition) is 5. The van der Waals surface area contributed by atoms with Gasteiger partial charge in [-0.25, -0.2) is 8.42 Å². The quantitative estimate of drug-likeness (QED) is 0.673. The topological polar surface area (TPSA) is 84.9 Å². The standard InChI is InChI=1S/C22H27ClN2O5S/c1-15(16-6-9-19(29-2)10-7-16)24-22(26)17-5-4-12-25(14-17)31(27,28)21-13-18(23)8-11-20(21)30-3/h6-11,13,15,17H,4-5,12,14H2,1-3H3,(H,24,26)/t15-,17+/m0/s1. The van der Waals surface area contributed by atoms with E-state index in [1.807, 2.05) is 31.2 Å². The monoisotopic (exact) mass is 466 g/mol. The van der Waals surface area contributed by atoms with Crippen molar-refractivity contribution >= 4 is 27.5 Å². The number of rotatable bonds is 7. The number of carbonyl (C=O) groups excluding carboxylic acids is 1. The van der Waals surface area contributed by atoms with Gasteiger partial charge in [0.25, 0.3) is 0 Å². The van der Waals surface area contributed by atoms with Crippen molar-refractivity contribution in [3.63, 3.8) is 0 Å². The van der Waals surface area contributed by atoms with E-state index in [-0.39, 0.29) is 29.1 Å². The first kappa shape index (κ1) is 23.4. The number of sulfonamides is 1. The van der Waals surface area contributed by atoms with Crippen LogP contribution in [0.1, 0.15) is 31.4 Å². The molecule has 1 aliphatic rings. The third-order valence-corrected chi connectivity index (χ3v) is 7.59. The molecule has 7 nitrogen and oxygen atoms in total. The Morgan fingerprint density at radius 2 is 1.87 bits per heavy atom. The summed E-state index contributed by atoms with van der Waals surface area (Å²) in [7, 11) is -0.841. The third kappa shape index (κ3) is 5.31. The number of hydrogen-bond donors (Lipinski definition) is 1. The number of benzene rings is 2. The summed E-state index contributed by atoms with van der Waals surface area (Å²) in [5.74, 6) is 0.367. The first-order valence-electron chi connectivity index (χ1n) is 10.0. The highest BCUT2D eigenvalue weighted by Gasteiger charge is 2.35. The Kier molecular flexibility index (Phi) is 7.46. The highest BCUT2D eigenvalue weighted by atomic mass is 35.5. The molecule has 168 valence electrons. The van der Waals surface area contributed by atoms with Crippen molar-refractivity contribution in [2.45, 2.75) is 30.7 Å². The average Bonchev–Trinajstić information content (AvgIpc) is 2.79. The summed E-state index contributed by atoms with van der Waals surface area (Å²) in [6.45, 7) is 2.35. The number of nitrogens with zero attached hydrogens (tertiary/aromatic N) is 1. The minimum Gasteiger partial charge on any atom is -0.497 e. The van der Waals surface area contributed by atoms with Crippen LogP contribution >= 0.6 is 11.6 Å². The SMILES string of the molecule is COc1ccc([C@H](C)NC(=O)[C@@H]2CCCN(S(=O)(=O)c3cc(Cl)ccc3OC)C2)cc1. The summed E-state index contributed by atoms with van der Waals surface area (Å²) in [5.41, 5.74) is 0.943. The second-order valence-corrected chi connectivity index (χ2v) is 9.84. The average molecular weight is 467 g/mol. The lowest BCUT2D eigenvalue weighted by Crippen LogP contribution is -2.45. The molecule has 0 unspecified atom stereocenters. The van der Waals surface area contributed by atoms with E-state index in [2.05, 4.69) is 5.32 Å². The second-order valence-electron chi connectivity index (χ2n) is 7.50. The maximum Gasteiger partial charge on any atom is 0.246 e. The molecule has 0 radical (unpaired) electrons. The molecule has 0 spiro atoms. The molecule has 2 aromatic rings. The molecule has 3 rings (SSSR count). The second kappa shape index (κ2) is 9.89. The lowest BCUT2D eigenvalue weighted by atomic mass is 9.98. The van der Waals surface area contributed by atoms with Crippen LogP contribution in [0.4, 0.5) is 0 Å². The van der Waals surface area contributed by atoms with Gasteiger partial charge in [-0.2, -0.15) is 4.31 Å². The predicted octanol–water partition coefficient (Wildman–Crippen LogP) is 3.64. The van der Waals surface area contributed by atoms with Crippen LogP contribution in [0.15, 0.2) is 47.4 Å². The zero-order valence-electron chi connectivity index (χ0n) is 17.8. The summed E-state index contributed by atoms with van der Waals surface area (Å²) >= 11 is 6.02. The van der Waals surface area contributed by atoms with Gasteiger partial charge in [-0.05, 0) is 55.7 Å². The largest absolute Gasteiger partial charge is 0.497 e. The van der Waals surface area contributed by atoms with Gasteiger partial charge in [0.15, 0.2) is 0 Å². The molecule has 0 saturated carbocycles. The Labute approximate surface area is 188 Å². The van der Waals surface area contributed by atoms with Gasteiger partial charge >= 0.3 is 0 Å². The minimum absolute atomic E-state index is 0.00941. The fourth-order valence-corrected chi connectivity index (χ4v) is 5.62. The zero-order valence-corrected chi connectivity index (χ0v) is 19.4. The van der Waals surface area contributed by atoms with Crippen molar-refractivity contribution in [2.75, 3.05) is 27.3 Å². The van der Waals surface area contributed by atoms with Crippen LogP contribution in [0.25, 0.3) is 0 Å². The molecule has 2 atom stereocenters. The van der Waals surface area contributed by atoms with Gasteiger partial charge in [0.2, 0.25) is 15.9 Å². The number of methoxy groups -OCH3 is 2. The summed E-state index contributed by atoms with van der Waals surface area (Å²) in [5, 5.41) is 3.30. The summed E-state index contributed by atoms with van der Waals surface area (Å²) in [6.07, 6.45) is 1.22. The normalized spacial score (nSPS) is 18.3. The van der Waals surface area contributed by atoms with E-state index in [1.165, 1.54) is 23.5 Å². The highest BCUT2D eigenvalue weighted by molar-refractivity contribution is 7.89. The number of nitrogens with one attached hydrogen (secondary N) is 1. The summed E-state index contributed by atoms with van der Waals surface area (Å²) in [4.78, 5) is 12.9. The van der Waals surface area contributed by atoms with Crippen molar-refractivity contribution in [3.05, 3.63) is 53.1 Å². The predicted molar refractivity (Wildman–Crippen MR) is 119 cm³/mol. The van der Waals surface area contributed by atoms with Crippen LogP contribution in [0.3, 0.4) is 0 Å². The Morgan fingerprint density at radius 1 is 1.16 bits per heavy atom. The third-order valence-electron chi connectivity index (χ3n) is 5.47. The molecule has 1 aliphatic heterocycles. The van der Waals surface area contributed by atoms with E-state index in [4.69, 9.17) is 21.1 Å². The van der Waals surface area contributed by atoms with Crippen molar-refractivity contribution < 1.29 is 22.7 Å². The van der Waals surface area contributed by atoms with Crippen LogP contribution in [0.5, 0.6) is 11.5 Å². The van der Waals surface area contributed by atoms with E-state index in [9.17, 15) is 13.2 Å². The van der Waals surface area contributed by atoms with E-state index < -0.39 is 15.9 Å². The van der Waals surface area contributed by atoms with Gasteiger partial charge in [-0.3, -0.25) is 4.79 Å². The number of amides is 1. The number of halogens is 1. The highest BCUT2D eigenvalue weighted by Crippen LogP contribution is 2.32. The van der Waals surface area contributed by atoms with Crippen molar-refractivity contribution in [1.82, 2.24) is 9.62 Å². The van der Waals surface area contributed by atoms with Crippen LogP contribution in [-0.2, 0) is 14.8 Å². The van der Waals surface area contributed by atoms with Crippen LogP contribution in [0, 0.1) is 5.92 Å². The fraction of sp³-hybridized carbons (Fsp3) is 0.409. The Balaban J connectivity index is 1.72. The summed E-state index contributed by atoms with van der Waals surface area (Å²) in [6, 6.07) is 11.7. The Hall–Kier alpha value is -2.29. The smallest absolute Gasteiger partial charge is 0.246 e.